The lowest BCUT2D eigenvalue weighted by atomic mass is 10.3. The van der Waals surface area contributed by atoms with Crippen LogP contribution in [0.1, 0.15) is 6.92 Å². The van der Waals surface area contributed by atoms with Crippen LogP contribution in [0.25, 0.3) is 12.4 Å². The van der Waals surface area contributed by atoms with Crippen LogP contribution < -0.4 is 25.3 Å². The summed E-state index contributed by atoms with van der Waals surface area (Å²) in [7, 11) is -0.693. The average molecular weight is 348 g/mol. The van der Waals surface area contributed by atoms with Crippen LogP contribution in [-0.4, -0.2) is 33.8 Å². The average Bonchev–Trinajstić information content (AvgIpc) is 3.00. The molecule has 3 N–H and O–H groups in total. The first-order chi connectivity index (χ1) is 11.4. The monoisotopic (exact) mass is 348 g/mol. The molecule has 1 heterocycles. The predicted molar refractivity (Wildman–Crippen MR) is 96.0 cm³/mol. The molecule has 1 aromatic heterocycles. The molecule has 0 aliphatic carbocycles. The van der Waals surface area contributed by atoms with Crippen LogP contribution in [0.4, 0.5) is 5.69 Å². The summed E-state index contributed by atoms with van der Waals surface area (Å²) in [5.74, 6) is 1.02. The quantitative estimate of drug-likeness (QED) is 0.667. The number of H-pyrrole nitrogens is 1. The number of aromatic nitrogens is 1. The maximum atomic E-state index is 12.0. The van der Waals surface area contributed by atoms with Gasteiger partial charge in [0.25, 0.3) is 0 Å². The van der Waals surface area contributed by atoms with Crippen LogP contribution in [0.15, 0.2) is 40.4 Å². The van der Waals surface area contributed by atoms with Gasteiger partial charge in [0.2, 0.25) is 10.0 Å². The minimum atomic E-state index is -3.57. The lowest BCUT2D eigenvalue weighted by Crippen LogP contribution is -2.25. The summed E-state index contributed by atoms with van der Waals surface area (Å²) in [6.07, 6.45) is 3.39. The van der Waals surface area contributed by atoms with Crippen LogP contribution in [-0.2, 0) is 10.0 Å². The van der Waals surface area contributed by atoms with E-state index < -0.39 is 10.0 Å². The van der Waals surface area contributed by atoms with Crippen molar-refractivity contribution >= 4 is 34.3 Å². The maximum Gasteiger partial charge on any atom is 0.240 e. The van der Waals surface area contributed by atoms with Gasteiger partial charge in [-0.3, -0.25) is 0 Å². The minimum absolute atomic E-state index is 0.122. The van der Waals surface area contributed by atoms with E-state index in [9.17, 15) is 8.42 Å². The Morgan fingerprint density at radius 1 is 1.38 bits per heavy atom. The fourth-order valence-electron chi connectivity index (χ4n) is 2.12. The minimum Gasteiger partial charge on any atom is -0.495 e. The summed E-state index contributed by atoms with van der Waals surface area (Å²) in [5.41, 5.74) is 0.482. The van der Waals surface area contributed by atoms with Gasteiger partial charge in [0, 0.05) is 23.0 Å². The van der Waals surface area contributed by atoms with Crippen LogP contribution in [0.3, 0.4) is 0 Å². The molecule has 2 rings (SSSR count). The molecule has 0 fully saturated rings. The molecule has 0 radical (unpaired) electrons. The number of aromatic amines is 1. The number of ether oxygens (including phenoxy) is 1. The Bertz CT molecular complexity index is 961. The number of nitrogens with one attached hydrogen (secondary N) is 3. The Morgan fingerprint density at radius 2 is 2.12 bits per heavy atom. The van der Waals surface area contributed by atoms with Crippen molar-refractivity contribution in [2.45, 2.75) is 11.8 Å². The Hall–Kier alpha value is -2.58. The Balaban J connectivity index is 2.61. The van der Waals surface area contributed by atoms with E-state index in [1.165, 1.54) is 26.3 Å². The number of hydrogen-bond acceptors (Lipinski definition) is 5. The van der Waals surface area contributed by atoms with Crippen LogP contribution in [0.5, 0.6) is 5.75 Å². The second kappa shape index (κ2) is 7.33. The summed E-state index contributed by atoms with van der Waals surface area (Å²) in [5, 5.41) is 4.59. The third-order valence-electron chi connectivity index (χ3n) is 3.35. The van der Waals surface area contributed by atoms with E-state index in [4.69, 9.17) is 4.74 Å². The maximum absolute atomic E-state index is 12.0. The lowest BCUT2D eigenvalue weighted by Gasteiger charge is -2.13. The third kappa shape index (κ3) is 3.66. The zero-order valence-electron chi connectivity index (χ0n) is 13.8. The standard InChI is InChI=1S/C16H20N4O3S/c1-5-18-16(13-8-9-19-11(13)2)20-14-10-12(24(21,22)17-3)6-7-15(14)23-4/h5-10,17,19-20H,2H2,1,3-4H3/b16-13+,18-5-. The molecule has 7 nitrogen and oxygen atoms in total. The van der Waals surface area contributed by atoms with Gasteiger partial charge in [-0.2, -0.15) is 0 Å². The topological polar surface area (TPSA) is 95.6 Å². The first kappa shape index (κ1) is 17.8. The predicted octanol–water partition coefficient (Wildman–Crippen LogP) is 0.610. The smallest absolute Gasteiger partial charge is 0.240 e. The van der Waals surface area contributed by atoms with E-state index >= 15 is 0 Å². The highest BCUT2D eigenvalue weighted by Crippen LogP contribution is 2.28. The molecule has 1 aromatic carbocycles. The highest BCUT2D eigenvalue weighted by atomic mass is 32.2. The third-order valence-corrected chi connectivity index (χ3v) is 4.76. The van der Waals surface area contributed by atoms with E-state index in [0.29, 0.717) is 22.6 Å². The molecule has 0 spiro atoms. The van der Waals surface area contributed by atoms with Gasteiger partial charge < -0.3 is 15.0 Å². The first-order valence-electron chi connectivity index (χ1n) is 7.17. The Labute approximate surface area is 140 Å². The molecule has 8 heteroatoms. The van der Waals surface area contributed by atoms with Gasteiger partial charge in [-0.05, 0) is 38.2 Å². The van der Waals surface area contributed by atoms with Crippen molar-refractivity contribution in [1.29, 1.82) is 0 Å². The molecule has 0 atom stereocenters. The number of methoxy groups -OCH3 is 1. The molecule has 24 heavy (non-hydrogen) atoms. The number of hydrogen-bond donors (Lipinski definition) is 3. The van der Waals surface area contributed by atoms with Crippen LogP contribution in [0, 0.1) is 0 Å². The summed E-state index contributed by atoms with van der Waals surface area (Å²) < 4.78 is 31.6. The Kier molecular flexibility index (Phi) is 5.42. The largest absolute Gasteiger partial charge is 0.495 e. The number of rotatable bonds is 6. The molecular formula is C16H20N4O3S. The summed E-state index contributed by atoms with van der Waals surface area (Å²) in [4.78, 5) is 7.42. The van der Waals surface area contributed by atoms with Crippen molar-refractivity contribution in [2.75, 3.05) is 19.5 Å². The van der Waals surface area contributed by atoms with Crippen molar-refractivity contribution in [3.05, 3.63) is 41.0 Å². The van der Waals surface area contributed by atoms with Crippen molar-refractivity contribution in [3.8, 4) is 5.75 Å². The van der Waals surface area contributed by atoms with Gasteiger partial charge in [0.1, 0.15) is 11.6 Å². The van der Waals surface area contributed by atoms with Gasteiger partial charge in [-0.25, -0.2) is 18.1 Å². The summed E-state index contributed by atoms with van der Waals surface area (Å²) >= 11 is 0. The molecule has 0 aliphatic rings. The van der Waals surface area contributed by atoms with Crippen LogP contribution >= 0.6 is 0 Å². The van der Waals surface area contributed by atoms with Gasteiger partial charge >= 0.3 is 0 Å². The fraction of sp³-hybridized carbons (Fsp3) is 0.188. The normalized spacial score (nSPS) is 13.1. The Morgan fingerprint density at radius 3 is 2.67 bits per heavy atom. The molecule has 128 valence electrons. The molecular weight excluding hydrogens is 328 g/mol. The molecule has 0 saturated heterocycles. The first-order valence-corrected chi connectivity index (χ1v) is 8.65. The number of nitrogens with zero attached hydrogens (tertiary/aromatic N) is 1. The van der Waals surface area contributed by atoms with Gasteiger partial charge in [0.05, 0.1) is 17.7 Å². The van der Waals surface area contributed by atoms with Crippen LogP contribution in [0.2, 0.25) is 0 Å². The fourth-order valence-corrected chi connectivity index (χ4v) is 2.88. The van der Waals surface area contributed by atoms with Crippen molar-refractivity contribution in [3.63, 3.8) is 0 Å². The highest BCUT2D eigenvalue weighted by Gasteiger charge is 2.15. The van der Waals surface area contributed by atoms with E-state index in [-0.39, 0.29) is 4.90 Å². The molecule has 0 amide bonds. The van der Waals surface area contributed by atoms with E-state index in [1.807, 2.05) is 6.07 Å². The SMILES string of the molecule is C=c1[nH]cc/c1=C(/N=C\C)Nc1cc(S(=O)(=O)NC)ccc1OC. The van der Waals surface area contributed by atoms with Gasteiger partial charge in [-0.15, -0.1) is 0 Å². The van der Waals surface area contributed by atoms with Crippen molar-refractivity contribution in [2.24, 2.45) is 4.99 Å². The van der Waals surface area contributed by atoms with Crippen molar-refractivity contribution < 1.29 is 13.2 Å². The second-order valence-corrected chi connectivity index (χ2v) is 6.69. The number of benzene rings is 1. The molecule has 0 aliphatic heterocycles. The molecule has 0 bridgehead atoms. The van der Waals surface area contributed by atoms with Crippen molar-refractivity contribution in [1.82, 2.24) is 9.71 Å². The van der Waals surface area contributed by atoms with E-state index in [0.717, 1.165) is 5.22 Å². The second-order valence-electron chi connectivity index (χ2n) is 4.80. The van der Waals surface area contributed by atoms with E-state index in [2.05, 4.69) is 26.6 Å². The number of aliphatic imine (C=N–C) groups is 1. The summed E-state index contributed by atoms with van der Waals surface area (Å²) in [6.45, 7) is 5.70. The van der Waals surface area contributed by atoms with E-state index in [1.54, 1.807) is 25.4 Å². The molecule has 0 unspecified atom stereocenters. The molecule has 2 aromatic rings. The number of anilines is 1. The zero-order valence-corrected chi connectivity index (χ0v) is 14.6. The summed E-state index contributed by atoms with van der Waals surface area (Å²) in [6, 6.07) is 6.38. The molecule has 0 saturated carbocycles. The van der Waals surface area contributed by atoms with Gasteiger partial charge in [-0.1, -0.05) is 6.58 Å². The van der Waals surface area contributed by atoms with Gasteiger partial charge in [0.15, 0.2) is 0 Å². The number of sulfonamides is 1. The lowest BCUT2D eigenvalue weighted by molar-refractivity contribution is 0.416. The highest BCUT2D eigenvalue weighted by molar-refractivity contribution is 7.89. The zero-order chi connectivity index (χ0) is 17.7.